The number of methoxy groups -OCH3 is 1. The summed E-state index contributed by atoms with van der Waals surface area (Å²) in [7, 11) is -2.15. The molecule has 0 aliphatic heterocycles. The molecule has 9 heteroatoms. The van der Waals surface area contributed by atoms with Gasteiger partial charge in [-0.1, -0.05) is 78.5 Å². The van der Waals surface area contributed by atoms with Gasteiger partial charge in [-0.3, -0.25) is 4.57 Å². The number of para-hydroxylation sites is 1. The second-order valence-electron chi connectivity index (χ2n) is 8.30. The van der Waals surface area contributed by atoms with Gasteiger partial charge in [0.05, 0.1) is 23.6 Å². The van der Waals surface area contributed by atoms with Crippen molar-refractivity contribution in [2.45, 2.75) is 28.8 Å². The largest absolute Gasteiger partial charge is 0.383 e. The Morgan fingerprint density at radius 3 is 2.31 bits per heavy atom. The third-order valence-corrected chi connectivity index (χ3v) is 8.83. The normalized spacial score (nSPS) is 12.7. The van der Waals surface area contributed by atoms with E-state index in [1.165, 1.54) is 9.54 Å². The van der Waals surface area contributed by atoms with Gasteiger partial charge in [0.25, 0.3) is 10.0 Å². The van der Waals surface area contributed by atoms with Gasteiger partial charge in [-0.2, -0.15) is 0 Å². The third-order valence-electron chi connectivity index (χ3n) is 6.01. The van der Waals surface area contributed by atoms with Crippen LogP contribution in [0.3, 0.4) is 0 Å². The topological polar surface area (TPSA) is 79.0 Å². The average Bonchev–Trinajstić information content (AvgIpc) is 3.50. The van der Waals surface area contributed by atoms with Crippen LogP contribution in [0.5, 0.6) is 0 Å². The Morgan fingerprint density at radius 1 is 0.917 bits per heavy atom. The molecule has 5 aromatic rings. The highest BCUT2D eigenvalue weighted by Gasteiger charge is 2.25. The lowest BCUT2D eigenvalue weighted by Crippen LogP contribution is -2.11. The van der Waals surface area contributed by atoms with E-state index < -0.39 is 10.0 Å². The quantitative estimate of drug-likeness (QED) is 0.235. The zero-order valence-corrected chi connectivity index (χ0v) is 21.6. The second-order valence-corrected chi connectivity index (χ2v) is 11.4. The van der Waals surface area contributed by atoms with E-state index in [-0.39, 0.29) is 10.1 Å². The smallest absolute Gasteiger partial charge is 0.268 e. The summed E-state index contributed by atoms with van der Waals surface area (Å²) < 4.78 is 35.8. The standard InChI is InChI=1S/C27H26N4O3S2/c1-20(21-11-5-3-6-12-21)35-27-29-28-26(30(27)17-18-34-2)24-19-31(25-16-10-9-15-23(24)25)36(32,33)22-13-7-4-8-14-22/h3-16,19-20H,17-18H2,1-2H3/t20-/m1/s1. The van der Waals surface area contributed by atoms with Crippen molar-refractivity contribution in [1.82, 2.24) is 18.7 Å². The molecule has 5 rings (SSSR count). The highest BCUT2D eigenvalue weighted by Crippen LogP contribution is 2.37. The Hall–Kier alpha value is -3.40. The van der Waals surface area contributed by atoms with Crippen molar-refractivity contribution in [3.63, 3.8) is 0 Å². The fourth-order valence-electron chi connectivity index (χ4n) is 4.14. The Bertz CT molecular complexity index is 1580. The van der Waals surface area contributed by atoms with E-state index in [0.717, 1.165) is 10.5 Å². The molecule has 2 heterocycles. The Balaban J connectivity index is 1.62. The van der Waals surface area contributed by atoms with Crippen molar-refractivity contribution in [3.8, 4) is 11.4 Å². The Kier molecular flexibility index (Phi) is 6.95. The van der Waals surface area contributed by atoms with Crippen LogP contribution in [0.2, 0.25) is 0 Å². The molecule has 0 saturated carbocycles. The molecule has 7 nitrogen and oxygen atoms in total. The van der Waals surface area contributed by atoms with Crippen molar-refractivity contribution in [3.05, 3.63) is 96.7 Å². The summed E-state index contributed by atoms with van der Waals surface area (Å²) >= 11 is 1.61. The van der Waals surface area contributed by atoms with E-state index in [4.69, 9.17) is 4.74 Å². The van der Waals surface area contributed by atoms with Crippen LogP contribution in [0.25, 0.3) is 22.3 Å². The minimum absolute atomic E-state index is 0.157. The van der Waals surface area contributed by atoms with Crippen LogP contribution in [-0.2, 0) is 21.3 Å². The Morgan fingerprint density at radius 2 is 1.58 bits per heavy atom. The van der Waals surface area contributed by atoms with Gasteiger partial charge in [0.2, 0.25) is 0 Å². The van der Waals surface area contributed by atoms with Gasteiger partial charge in [0, 0.05) is 29.5 Å². The number of hydrogen-bond donors (Lipinski definition) is 0. The number of ether oxygens (including phenoxy) is 1. The van der Waals surface area contributed by atoms with Crippen LogP contribution >= 0.6 is 11.8 Å². The fourth-order valence-corrected chi connectivity index (χ4v) is 6.54. The summed E-state index contributed by atoms with van der Waals surface area (Å²) in [6.45, 7) is 3.14. The monoisotopic (exact) mass is 518 g/mol. The van der Waals surface area contributed by atoms with Crippen molar-refractivity contribution >= 4 is 32.7 Å². The molecule has 0 N–H and O–H groups in total. The molecule has 0 saturated heterocycles. The summed E-state index contributed by atoms with van der Waals surface area (Å²) in [4.78, 5) is 0.228. The van der Waals surface area contributed by atoms with Gasteiger partial charge < -0.3 is 4.74 Å². The van der Waals surface area contributed by atoms with Crippen molar-refractivity contribution < 1.29 is 13.2 Å². The molecule has 0 amide bonds. The predicted octanol–water partition coefficient (Wildman–Crippen LogP) is 5.64. The van der Waals surface area contributed by atoms with Crippen LogP contribution in [0.1, 0.15) is 17.7 Å². The first kappa shape index (κ1) is 24.3. The fraction of sp³-hybridized carbons (Fsp3) is 0.185. The SMILES string of the molecule is COCCn1c(S[C@H](C)c2ccccc2)nnc1-c1cn(S(=O)(=O)c2ccccc2)c2ccccc12. The summed E-state index contributed by atoms with van der Waals surface area (Å²) in [6, 6.07) is 26.1. The predicted molar refractivity (Wildman–Crippen MR) is 143 cm³/mol. The molecular formula is C27H26N4O3S2. The molecule has 0 aliphatic carbocycles. The molecule has 2 aromatic heterocycles. The molecule has 0 radical (unpaired) electrons. The molecule has 0 unspecified atom stereocenters. The lowest BCUT2D eigenvalue weighted by atomic mass is 10.1. The Labute approximate surface area is 214 Å². The first-order chi connectivity index (χ1) is 17.5. The van der Waals surface area contributed by atoms with Crippen LogP contribution in [-0.4, -0.2) is 40.9 Å². The molecule has 0 bridgehead atoms. The van der Waals surface area contributed by atoms with Gasteiger partial charge >= 0.3 is 0 Å². The third kappa shape index (κ3) is 4.57. The van der Waals surface area contributed by atoms with Crippen LogP contribution < -0.4 is 0 Å². The molecule has 184 valence electrons. The highest BCUT2D eigenvalue weighted by molar-refractivity contribution is 7.99. The summed E-state index contributed by atoms with van der Waals surface area (Å²) in [6.07, 6.45) is 1.65. The lowest BCUT2D eigenvalue weighted by molar-refractivity contribution is 0.185. The molecule has 0 spiro atoms. The number of rotatable bonds is 9. The molecule has 36 heavy (non-hydrogen) atoms. The van der Waals surface area contributed by atoms with E-state index in [9.17, 15) is 8.42 Å². The van der Waals surface area contributed by atoms with Gasteiger partial charge in [0.1, 0.15) is 0 Å². The van der Waals surface area contributed by atoms with Gasteiger partial charge in [-0.25, -0.2) is 12.4 Å². The number of benzene rings is 3. The van der Waals surface area contributed by atoms with Crippen LogP contribution in [0, 0.1) is 0 Å². The molecule has 1 atom stereocenters. The average molecular weight is 519 g/mol. The van der Waals surface area contributed by atoms with E-state index in [0.29, 0.717) is 30.1 Å². The van der Waals surface area contributed by atoms with Crippen molar-refractivity contribution in [2.24, 2.45) is 0 Å². The minimum Gasteiger partial charge on any atom is -0.383 e. The summed E-state index contributed by atoms with van der Waals surface area (Å²) in [5.74, 6) is 0.605. The van der Waals surface area contributed by atoms with Gasteiger partial charge in [-0.05, 0) is 30.7 Å². The number of aromatic nitrogens is 4. The maximum absolute atomic E-state index is 13.6. The van der Waals surface area contributed by atoms with Crippen molar-refractivity contribution in [1.29, 1.82) is 0 Å². The number of thioether (sulfide) groups is 1. The molecule has 3 aromatic carbocycles. The number of fused-ring (bicyclic) bond motifs is 1. The zero-order valence-electron chi connectivity index (χ0n) is 20.0. The molecule has 0 aliphatic rings. The number of nitrogens with zero attached hydrogens (tertiary/aromatic N) is 4. The minimum atomic E-state index is -3.80. The molecular weight excluding hydrogens is 492 g/mol. The second kappa shape index (κ2) is 10.3. The van der Waals surface area contributed by atoms with Crippen LogP contribution in [0.15, 0.2) is 101 Å². The maximum atomic E-state index is 13.6. The highest BCUT2D eigenvalue weighted by atomic mass is 32.2. The van der Waals surface area contributed by atoms with E-state index >= 15 is 0 Å². The van der Waals surface area contributed by atoms with Crippen molar-refractivity contribution in [2.75, 3.05) is 13.7 Å². The summed E-state index contributed by atoms with van der Waals surface area (Å²) in [5, 5.41) is 10.7. The zero-order chi connectivity index (χ0) is 25.1. The maximum Gasteiger partial charge on any atom is 0.268 e. The van der Waals surface area contributed by atoms with Gasteiger partial charge in [-0.15, -0.1) is 10.2 Å². The lowest BCUT2D eigenvalue weighted by Gasteiger charge is -2.13. The van der Waals surface area contributed by atoms with Crippen LogP contribution in [0.4, 0.5) is 0 Å². The van der Waals surface area contributed by atoms with E-state index in [1.54, 1.807) is 55.4 Å². The van der Waals surface area contributed by atoms with E-state index in [1.807, 2.05) is 47.0 Å². The first-order valence-corrected chi connectivity index (χ1v) is 13.9. The van der Waals surface area contributed by atoms with Gasteiger partial charge in [0.15, 0.2) is 11.0 Å². The first-order valence-electron chi connectivity index (χ1n) is 11.6. The summed E-state index contributed by atoms with van der Waals surface area (Å²) in [5.41, 5.74) is 2.48. The number of hydrogen-bond acceptors (Lipinski definition) is 6. The molecule has 0 fully saturated rings. The van der Waals surface area contributed by atoms with E-state index in [2.05, 4.69) is 29.3 Å².